The highest BCUT2D eigenvalue weighted by Crippen LogP contribution is 1.41. The Morgan fingerprint density at radius 2 is 2.57 bits per heavy atom. The Labute approximate surface area is 39.7 Å². The molecule has 3 N–H and O–H groups in total. The Morgan fingerprint density at radius 3 is 2.71 bits per heavy atom. The molecule has 0 atom stereocenters. The number of urea groups is 1. The zero-order valence-corrected chi connectivity index (χ0v) is 3.46. The molecule has 0 saturated heterocycles. The van der Waals surface area contributed by atoms with Gasteiger partial charge in [0.25, 0.3) is 0 Å². The van der Waals surface area contributed by atoms with Crippen LogP contribution in [0, 0.1) is 0 Å². The maximum absolute atomic E-state index is 9.67. The van der Waals surface area contributed by atoms with Gasteiger partial charge in [0.15, 0.2) is 0 Å². The number of hydrogen-bond donors (Lipinski definition) is 2. The van der Waals surface area contributed by atoms with Crippen LogP contribution in [0.2, 0.25) is 0 Å². The van der Waals surface area contributed by atoms with Gasteiger partial charge < -0.3 is 16.1 Å². The molecule has 0 aromatic heterocycles. The minimum absolute atomic E-state index is 0.752. The van der Waals surface area contributed by atoms with Crippen molar-refractivity contribution in [1.29, 1.82) is 0 Å². The van der Waals surface area contributed by atoms with E-state index in [0.29, 0.717) is 0 Å². The summed E-state index contributed by atoms with van der Waals surface area (Å²) in [6.45, 7) is 0. The molecule has 7 heavy (non-hydrogen) atoms. The van der Waals surface area contributed by atoms with Crippen LogP contribution < -0.4 is 11.1 Å². The molecule has 5 heteroatoms. The van der Waals surface area contributed by atoms with Crippen molar-refractivity contribution in [3.63, 3.8) is 0 Å². The molecule has 0 radical (unpaired) electrons. The monoisotopic (exact) mass is 100 g/mol. The second kappa shape index (κ2) is 2.87. The molecule has 0 saturated carbocycles. The Kier molecular flexibility index (Phi) is 2.31. The number of carbonyl (C=O) groups excluding carboxylic acids is 1. The molecule has 0 aliphatic heterocycles. The van der Waals surface area contributed by atoms with Crippen molar-refractivity contribution in [2.75, 3.05) is 0 Å². The van der Waals surface area contributed by atoms with E-state index in [-0.39, 0.29) is 0 Å². The Balaban J connectivity index is 3.32. The van der Waals surface area contributed by atoms with E-state index in [1.54, 1.807) is 0 Å². The van der Waals surface area contributed by atoms with Crippen LogP contribution in [0.4, 0.5) is 4.79 Å². The Bertz CT molecular complexity index is 113. The fraction of sp³-hybridized carbons (Fsp3) is 0. The van der Waals surface area contributed by atoms with E-state index >= 15 is 0 Å². The van der Waals surface area contributed by atoms with Crippen molar-refractivity contribution >= 4 is 12.4 Å². The molecule has 0 heterocycles. The van der Waals surface area contributed by atoms with Gasteiger partial charge in [-0.15, -0.1) is 0 Å². The SMILES string of the molecule is [N-]=[N+]=CNC(N)=O. The number of nitrogens with one attached hydrogen (secondary N) is 1. The molecule has 0 spiro atoms. The van der Waals surface area contributed by atoms with Gasteiger partial charge in [0.1, 0.15) is 0 Å². The average Bonchev–Trinajstić information content (AvgIpc) is 1.61. The van der Waals surface area contributed by atoms with Gasteiger partial charge in [-0.2, -0.15) is 5.32 Å². The van der Waals surface area contributed by atoms with Crippen LogP contribution in [0.25, 0.3) is 5.53 Å². The first kappa shape index (κ1) is 5.65. The summed E-state index contributed by atoms with van der Waals surface area (Å²) in [6.07, 6.45) is 0.780. The summed E-state index contributed by atoms with van der Waals surface area (Å²) in [5.41, 5.74) is 12.1. The van der Waals surface area contributed by atoms with E-state index in [0.717, 1.165) is 6.34 Å². The minimum Gasteiger partial charge on any atom is -0.498 e. The van der Waals surface area contributed by atoms with Gasteiger partial charge in [-0.25, -0.2) is 4.79 Å². The summed E-state index contributed by atoms with van der Waals surface area (Å²) in [5.74, 6) is 0. The quantitative estimate of drug-likeness (QED) is 0.186. The van der Waals surface area contributed by atoms with Gasteiger partial charge in [0.05, 0.1) is 0 Å². The fourth-order valence-corrected chi connectivity index (χ4v) is 0.0925. The molecule has 5 nitrogen and oxygen atoms in total. The number of nitrogens with zero attached hydrogens (tertiary/aromatic N) is 2. The summed E-state index contributed by atoms with van der Waals surface area (Å²) in [7, 11) is 0. The third kappa shape index (κ3) is 4.65. The highest BCUT2D eigenvalue weighted by molar-refractivity contribution is 5.82. The van der Waals surface area contributed by atoms with E-state index < -0.39 is 6.03 Å². The van der Waals surface area contributed by atoms with Crippen LogP contribution in [-0.4, -0.2) is 17.2 Å². The maximum atomic E-state index is 9.67. The first-order valence-electron chi connectivity index (χ1n) is 1.49. The number of hydrogen-bond acceptors (Lipinski definition) is 1. The summed E-state index contributed by atoms with van der Waals surface area (Å²) < 4.78 is 0. The normalized spacial score (nSPS) is 6.29. The van der Waals surface area contributed by atoms with E-state index in [1.165, 1.54) is 0 Å². The number of amides is 2. The van der Waals surface area contributed by atoms with E-state index in [9.17, 15) is 4.79 Å². The van der Waals surface area contributed by atoms with Crippen molar-refractivity contribution in [3.8, 4) is 0 Å². The zero-order chi connectivity index (χ0) is 5.70. The second-order valence-corrected chi connectivity index (χ2v) is 0.753. The highest BCUT2D eigenvalue weighted by Gasteiger charge is 1.88. The molecule has 0 aliphatic rings. The molecule has 0 aromatic rings. The van der Waals surface area contributed by atoms with Gasteiger partial charge in [0, 0.05) is 0 Å². The van der Waals surface area contributed by atoms with Crippen LogP contribution in [0.15, 0.2) is 0 Å². The summed E-state index contributed by atoms with van der Waals surface area (Å²) >= 11 is 0. The summed E-state index contributed by atoms with van der Waals surface area (Å²) in [4.78, 5) is 12.1. The molecule has 0 rings (SSSR count). The largest absolute Gasteiger partial charge is 0.498 e. The lowest BCUT2D eigenvalue weighted by molar-refractivity contribution is -0.0000175. The predicted molar refractivity (Wildman–Crippen MR) is 22.4 cm³/mol. The Morgan fingerprint density at radius 1 is 2.00 bits per heavy atom. The number of rotatable bonds is 1. The van der Waals surface area contributed by atoms with E-state index in [4.69, 9.17) is 5.53 Å². The second-order valence-electron chi connectivity index (χ2n) is 0.753. The average molecular weight is 100 g/mol. The number of primary amides is 1. The summed E-state index contributed by atoms with van der Waals surface area (Å²) in [5, 5.41) is 1.89. The molecule has 0 unspecified atom stereocenters. The predicted octanol–water partition coefficient (Wildman–Crippen LogP) is -1.09. The van der Waals surface area contributed by atoms with Crippen LogP contribution in [0.3, 0.4) is 0 Å². The standard InChI is InChI=1S/C2H4N4O/c3-2(7)5-1-6-4/h1H,(H3,3,5,7). The number of nitrogens with two attached hydrogens (primary N) is 1. The zero-order valence-electron chi connectivity index (χ0n) is 3.46. The first-order chi connectivity index (χ1) is 3.27. The van der Waals surface area contributed by atoms with Crippen LogP contribution >= 0.6 is 0 Å². The number of carbonyl (C=O) groups is 1. The molecule has 0 aromatic carbocycles. The van der Waals surface area contributed by atoms with Crippen LogP contribution in [0.5, 0.6) is 0 Å². The molecule has 2 amide bonds. The molecule has 0 bridgehead atoms. The highest BCUT2D eigenvalue weighted by atomic mass is 16.2. The lowest BCUT2D eigenvalue weighted by Crippen LogP contribution is -2.27. The van der Waals surface area contributed by atoms with Crippen molar-refractivity contribution in [3.05, 3.63) is 5.53 Å². The Hall–Kier alpha value is -1.35. The third-order valence-corrected chi connectivity index (χ3v) is 0.265. The van der Waals surface area contributed by atoms with E-state index in [2.05, 4.69) is 10.5 Å². The van der Waals surface area contributed by atoms with Crippen molar-refractivity contribution in [2.45, 2.75) is 0 Å². The van der Waals surface area contributed by atoms with Crippen molar-refractivity contribution in [1.82, 2.24) is 5.32 Å². The van der Waals surface area contributed by atoms with Crippen molar-refractivity contribution in [2.24, 2.45) is 5.73 Å². The molecular formula is C2H4N4O. The van der Waals surface area contributed by atoms with Gasteiger partial charge in [-0.3, -0.25) is 0 Å². The van der Waals surface area contributed by atoms with Gasteiger partial charge in [-0.1, -0.05) is 0 Å². The molecule has 38 valence electrons. The van der Waals surface area contributed by atoms with E-state index in [1.807, 2.05) is 5.32 Å². The van der Waals surface area contributed by atoms with Gasteiger partial charge >= 0.3 is 12.4 Å². The van der Waals surface area contributed by atoms with Gasteiger partial charge in [-0.05, 0) is 0 Å². The molecule has 0 aliphatic carbocycles. The third-order valence-electron chi connectivity index (χ3n) is 0.265. The topological polar surface area (TPSA) is 91.5 Å². The lowest BCUT2D eigenvalue weighted by atomic mass is 11.0. The van der Waals surface area contributed by atoms with Crippen LogP contribution in [0.1, 0.15) is 0 Å². The van der Waals surface area contributed by atoms with Gasteiger partial charge in [0.2, 0.25) is 0 Å². The smallest absolute Gasteiger partial charge is 0.404 e. The van der Waals surface area contributed by atoms with Crippen LogP contribution in [-0.2, 0) is 0 Å². The molecule has 0 fully saturated rings. The fourth-order valence-electron chi connectivity index (χ4n) is 0.0925. The minimum atomic E-state index is -0.752. The summed E-state index contributed by atoms with van der Waals surface area (Å²) in [6, 6.07) is -0.752. The first-order valence-corrected chi connectivity index (χ1v) is 1.49. The maximum Gasteiger partial charge on any atom is 0.404 e. The lowest BCUT2D eigenvalue weighted by Gasteiger charge is -1.73. The molecular weight excluding hydrogens is 96.0 g/mol. The van der Waals surface area contributed by atoms with Crippen molar-refractivity contribution < 1.29 is 9.58 Å².